The fourth-order valence-corrected chi connectivity index (χ4v) is 1.94. The SMILES string of the molecule is CC(CN)c1nc2c(Cl)cc(Cl)cc2[nH]1. The molecule has 0 aliphatic heterocycles. The summed E-state index contributed by atoms with van der Waals surface area (Å²) < 4.78 is 0. The second kappa shape index (κ2) is 4.00. The molecule has 1 unspecified atom stereocenters. The number of nitrogens with zero attached hydrogens (tertiary/aromatic N) is 1. The van der Waals surface area contributed by atoms with Crippen LogP contribution >= 0.6 is 23.2 Å². The third kappa shape index (κ3) is 1.95. The zero-order valence-electron chi connectivity index (χ0n) is 8.22. The number of hydrogen-bond donors (Lipinski definition) is 2. The van der Waals surface area contributed by atoms with E-state index >= 15 is 0 Å². The van der Waals surface area contributed by atoms with Crippen LogP contribution < -0.4 is 5.73 Å². The minimum Gasteiger partial charge on any atom is -0.342 e. The summed E-state index contributed by atoms with van der Waals surface area (Å²) in [6.07, 6.45) is 0. The van der Waals surface area contributed by atoms with Crippen molar-refractivity contribution in [2.45, 2.75) is 12.8 Å². The lowest BCUT2D eigenvalue weighted by molar-refractivity contribution is 0.728. The Morgan fingerprint density at radius 2 is 2.20 bits per heavy atom. The predicted molar refractivity (Wildman–Crippen MR) is 63.6 cm³/mol. The van der Waals surface area contributed by atoms with Gasteiger partial charge in [-0.25, -0.2) is 4.98 Å². The van der Waals surface area contributed by atoms with E-state index in [4.69, 9.17) is 28.9 Å². The molecule has 15 heavy (non-hydrogen) atoms. The van der Waals surface area contributed by atoms with E-state index in [1.54, 1.807) is 6.07 Å². The van der Waals surface area contributed by atoms with Gasteiger partial charge in [0.05, 0.1) is 10.5 Å². The molecule has 80 valence electrons. The molecule has 2 rings (SSSR count). The first-order valence-corrected chi connectivity index (χ1v) is 5.42. The van der Waals surface area contributed by atoms with Gasteiger partial charge in [0.25, 0.3) is 0 Å². The molecule has 1 aromatic heterocycles. The number of rotatable bonds is 2. The molecule has 0 bridgehead atoms. The lowest BCUT2D eigenvalue weighted by Crippen LogP contribution is -2.10. The van der Waals surface area contributed by atoms with Gasteiger partial charge in [-0.3, -0.25) is 0 Å². The number of nitrogens with one attached hydrogen (secondary N) is 1. The maximum absolute atomic E-state index is 6.03. The van der Waals surface area contributed by atoms with Crippen molar-refractivity contribution in [2.75, 3.05) is 6.54 Å². The number of aromatic amines is 1. The predicted octanol–water partition coefficient (Wildman–Crippen LogP) is 2.93. The van der Waals surface area contributed by atoms with Gasteiger partial charge in [-0.2, -0.15) is 0 Å². The zero-order valence-corrected chi connectivity index (χ0v) is 9.73. The lowest BCUT2D eigenvalue weighted by atomic mass is 10.2. The van der Waals surface area contributed by atoms with Crippen molar-refractivity contribution in [3.05, 3.63) is 28.0 Å². The van der Waals surface area contributed by atoms with Gasteiger partial charge in [-0.05, 0) is 12.1 Å². The first-order valence-electron chi connectivity index (χ1n) is 4.66. The van der Waals surface area contributed by atoms with Crippen molar-refractivity contribution < 1.29 is 0 Å². The van der Waals surface area contributed by atoms with Crippen LogP contribution in [0.3, 0.4) is 0 Å². The second-order valence-electron chi connectivity index (χ2n) is 3.54. The smallest absolute Gasteiger partial charge is 0.111 e. The van der Waals surface area contributed by atoms with Crippen LogP contribution in [-0.4, -0.2) is 16.5 Å². The molecule has 0 aliphatic carbocycles. The fourth-order valence-electron chi connectivity index (χ4n) is 1.41. The quantitative estimate of drug-likeness (QED) is 0.853. The highest BCUT2D eigenvalue weighted by Gasteiger charge is 2.11. The molecule has 3 nitrogen and oxygen atoms in total. The summed E-state index contributed by atoms with van der Waals surface area (Å²) in [4.78, 5) is 7.57. The molecule has 1 atom stereocenters. The molecule has 5 heteroatoms. The number of hydrogen-bond acceptors (Lipinski definition) is 2. The van der Waals surface area contributed by atoms with Crippen molar-refractivity contribution in [3.8, 4) is 0 Å². The zero-order chi connectivity index (χ0) is 11.0. The third-order valence-electron chi connectivity index (χ3n) is 2.34. The second-order valence-corrected chi connectivity index (χ2v) is 4.39. The van der Waals surface area contributed by atoms with E-state index in [2.05, 4.69) is 9.97 Å². The van der Waals surface area contributed by atoms with Crippen LogP contribution in [0.15, 0.2) is 12.1 Å². The van der Waals surface area contributed by atoms with E-state index in [-0.39, 0.29) is 5.92 Å². The van der Waals surface area contributed by atoms with Crippen LogP contribution in [0.2, 0.25) is 10.0 Å². The average Bonchev–Trinajstić information content (AvgIpc) is 2.60. The number of benzene rings is 1. The van der Waals surface area contributed by atoms with Crippen LogP contribution in [0.5, 0.6) is 0 Å². The Kier molecular flexibility index (Phi) is 2.87. The Morgan fingerprint density at radius 3 is 2.87 bits per heavy atom. The van der Waals surface area contributed by atoms with Crippen molar-refractivity contribution in [1.82, 2.24) is 9.97 Å². The summed E-state index contributed by atoms with van der Waals surface area (Å²) in [5.74, 6) is 1.03. The molecule has 1 aromatic carbocycles. The Morgan fingerprint density at radius 1 is 1.47 bits per heavy atom. The van der Waals surface area contributed by atoms with Crippen LogP contribution in [0, 0.1) is 0 Å². The first-order chi connectivity index (χ1) is 7.11. The largest absolute Gasteiger partial charge is 0.342 e. The molecular formula is C10H11Cl2N3. The van der Waals surface area contributed by atoms with Gasteiger partial charge < -0.3 is 10.7 Å². The van der Waals surface area contributed by atoms with Crippen LogP contribution in [0.25, 0.3) is 11.0 Å². The van der Waals surface area contributed by atoms with E-state index in [9.17, 15) is 0 Å². The maximum atomic E-state index is 6.03. The molecule has 0 saturated carbocycles. The van der Waals surface area contributed by atoms with Crippen molar-refractivity contribution in [1.29, 1.82) is 0 Å². The molecule has 0 aliphatic rings. The summed E-state index contributed by atoms with van der Waals surface area (Å²) in [7, 11) is 0. The standard InChI is InChI=1S/C10H11Cl2N3/c1-5(4-13)10-14-8-3-6(11)2-7(12)9(8)15-10/h2-3,5H,4,13H2,1H3,(H,14,15). The topological polar surface area (TPSA) is 54.7 Å². The van der Waals surface area contributed by atoms with Gasteiger partial charge in [-0.1, -0.05) is 30.1 Å². The van der Waals surface area contributed by atoms with Gasteiger partial charge in [0.2, 0.25) is 0 Å². The highest BCUT2D eigenvalue weighted by molar-refractivity contribution is 6.38. The van der Waals surface area contributed by atoms with Crippen molar-refractivity contribution in [2.24, 2.45) is 5.73 Å². The Labute approximate surface area is 97.6 Å². The molecule has 0 radical (unpaired) electrons. The Bertz CT molecular complexity index is 493. The number of imidazole rings is 1. The monoisotopic (exact) mass is 243 g/mol. The highest BCUT2D eigenvalue weighted by atomic mass is 35.5. The molecular weight excluding hydrogens is 233 g/mol. The summed E-state index contributed by atoms with van der Waals surface area (Å²) in [5.41, 5.74) is 7.17. The number of aromatic nitrogens is 2. The van der Waals surface area contributed by atoms with Crippen molar-refractivity contribution in [3.63, 3.8) is 0 Å². The van der Waals surface area contributed by atoms with E-state index in [0.29, 0.717) is 16.6 Å². The van der Waals surface area contributed by atoms with Crippen LogP contribution in [-0.2, 0) is 0 Å². The number of H-pyrrole nitrogens is 1. The molecule has 0 spiro atoms. The minimum absolute atomic E-state index is 0.187. The highest BCUT2D eigenvalue weighted by Crippen LogP contribution is 2.27. The molecule has 0 amide bonds. The average molecular weight is 244 g/mol. The molecule has 1 heterocycles. The lowest BCUT2D eigenvalue weighted by Gasteiger charge is -2.01. The van der Waals surface area contributed by atoms with E-state index in [1.165, 1.54) is 0 Å². The van der Waals surface area contributed by atoms with Gasteiger partial charge in [0, 0.05) is 17.5 Å². The number of fused-ring (bicyclic) bond motifs is 1. The maximum Gasteiger partial charge on any atom is 0.111 e. The normalized spacial score (nSPS) is 13.3. The van der Waals surface area contributed by atoms with Gasteiger partial charge in [0.1, 0.15) is 11.3 Å². The summed E-state index contributed by atoms with van der Waals surface area (Å²) in [5, 5.41) is 1.16. The molecule has 0 fully saturated rings. The van der Waals surface area contributed by atoms with Gasteiger partial charge in [0.15, 0.2) is 0 Å². The first kappa shape index (κ1) is 10.7. The minimum atomic E-state index is 0.187. The van der Waals surface area contributed by atoms with E-state index < -0.39 is 0 Å². The van der Waals surface area contributed by atoms with Gasteiger partial charge in [-0.15, -0.1) is 0 Å². The van der Waals surface area contributed by atoms with Gasteiger partial charge >= 0.3 is 0 Å². The molecule has 0 saturated heterocycles. The molecule has 3 N–H and O–H groups in total. The van der Waals surface area contributed by atoms with E-state index in [0.717, 1.165) is 16.9 Å². The summed E-state index contributed by atoms with van der Waals surface area (Å²) in [6, 6.07) is 3.49. The third-order valence-corrected chi connectivity index (χ3v) is 2.85. The molecule has 2 aromatic rings. The van der Waals surface area contributed by atoms with Crippen LogP contribution in [0.1, 0.15) is 18.7 Å². The van der Waals surface area contributed by atoms with Crippen molar-refractivity contribution >= 4 is 34.2 Å². The number of nitrogens with two attached hydrogens (primary N) is 1. The van der Waals surface area contributed by atoms with E-state index in [1.807, 2.05) is 13.0 Å². The fraction of sp³-hybridized carbons (Fsp3) is 0.300. The summed E-state index contributed by atoms with van der Waals surface area (Å²) >= 11 is 11.9. The van der Waals surface area contributed by atoms with Crippen LogP contribution in [0.4, 0.5) is 0 Å². The summed E-state index contributed by atoms with van der Waals surface area (Å²) in [6.45, 7) is 2.55. The Hall–Kier alpha value is -0.770. The Balaban J connectivity index is 2.60. The number of halogens is 2.